The Bertz CT molecular complexity index is 835. The minimum Gasteiger partial charge on any atom is -0.310 e. The second kappa shape index (κ2) is 5.97. The maximum Gasteiger partial charge on any atom is 0.120 e. The van der Waals surface area contributed by atoms with Crippen LogP contribution in [-0.4, -0.2) is 14.1 Å². The zero-order valence-electron chi connectivity index (χ0n) is 14.4. The first-order valence-electron chi connectivity index (χ1n) is 9.29. The van der Waals surface area contributed by atoms with Crippen molar-refractivity contribution in [1.29, 1.82) is 0 Å². The van der Waals surface area contributed by atoms with Crippen molar-refractivity contribution in [3.8, 4) is 0 Å². The minimum atomic E-state index is -1.74. The molecule has 2 heteroatoms. The summed E-state index contributed by atoms with van der Waals surface area (Å²) in [7, 11) is -1.74. The molecule has 0 unspecified atom stereocenters. The average molecular weight is 342 g/mol. The second-order valence-electron chi connectivity index (χ2n) is 7.52. The van der Waals surface area contributed by atoms with Crippen LogP contribution in [0, 0.1) is 0 Å². The highest BCUT2D eigenvalue weighted by atomic mass is 28.3. The van der Waals surface area contributed by atoms with Gasteiger partial charge in [-0.2, -0.15) is 0 Å². The Morgan fingerprint density at radius 1 is 0.680 bits per heavy atom. The van der Waals surface area contributed by atoms with E-state index in [2.05, 4.69) is 90.2 Å². The molecule has 1 N–H and O–H groups in total. The van der Waals surface area contributed by atoms with Crippen LogP contribution in [-0.2, 0) is 6.54 Å². The van der Waals surface area contributed by atoms with Crippen molar-refractivity contribution in [2.45, 2.75) is 30.6 Å². The van der Waals surface area contributed by atoms with E-state index in [0.29, 0.717) is 12.0 Å². The molecule has 2 atom stereocenters. The Morgan fingerprint density at radius 2 is 1.28 bits per heavy atom. The summed E-state index contributed by atoms with van der Waals surface area (Å²) in [6, 6.07) is 35.0. The zero-order valence-corrected chi connectivity index (χ0v) is 15.4. The second-order valence-corrected chi connectivity index (χ2v) is 11.7. The van der Waals surface area contributed by atoms with E-state index in [4.69, 9.17) is 0 Å². The third-order valence-corrected chi connectivity index (χ3v) is 11.4. The fourth-order valence-corrected chi connectivity index (χ4v) is 10.6. The summed E-state index contributed by atoms with van der Waals surface area (Å²) in [4.78, 5) is 0. The summed E-state index contributed by atoms with van der Waals surface area (Å²) in [6.07, 6.45) is 0. The van der Waals surface area contributed by atoms with Crippen LogP contribution in [0.2, 0.25) is 12.1 Å². The first-order valence-corrected chi connectivity index (χ1v) is 11.7. The molecule has 3 aromatic rings. The average Bonchev–Trinajstić information content (AvgIpc) is 3.11. The van der Waals surface area contributed by atoms with Gasteiger partial charge in [0, 0.05) is 12.6 Å². The predicted octanol–water partition coefficient (Wildman–Crippen LogP) is 3.52. The van der Waals surface area contributed by atoms with E-state index in [1.165, 1.54) is 17.7 Å². The van der Waals surface area contributed by atoms with Crippen LogP contribution in [0.1, 0.15) is 17.0 Å². The molecule has 3 aromatic carbocycles. The van der Waals surface area contributed by atoms with E-state index in [1.54, 1.807) is 15.9 Å². The number of hydrogen-bond donors (Lipinski definition) is 1. The van der Waals surface area contributed by atoms with E-state index in [9.17, 15) is 0 Å². The molecular formula is C23H23NSi. The minimum absolute atomic E-state index is 0.613. The molecule has 2 aliphatic rings. The Labute approximate surface area is 150 Å². The van der Waals surface area contributed by atoms with Gasteiger partial charge >= 0.3 is 0 Å². The third kappa shape index (κ3) is 2.40. The molecule has 1 saturated heterocycles. The summed E-state index contributed by atoms with van der Waals surface area (Å²) < 4.78 is 0. The van der Waals surface area contributed by atoms with Crippen LogP contribution < -0.4 is 15.7 Å². The lowest BCUT2D eigenvalue weighted by molar-refractivity contribution is 0.467. The van der Waals surface area contributed by atoms with Crippen LogP contribution in [0.25, 0.3) is 0 Å². The highest BCUT2D eigenvalue weighted by Crippen LogP contribution is 2.44. The largest absolute Gasteiger partial charge is 0.310 e. The van der Waals surface area contributed by atoms with Gasteiger partial charge < -0.3 is 5.32 Å². The Morgan fingerprint density at radius 3 is 1.96 bits per heavy atom. The van der Waals surface area contributed by atoms with Crippen molar-refractivity contribution in [3.63, 3.8) is 0 Å². The standard InChI is InChI=1S/C23H23NSi/c1-3-10-19(11-4-1)25(20-12-5-2-6-13-20)16-22-21-14-8-7-9-18(21)15-24-23(22)17-25/h1-14,22-24H,15-17H2/t22-,23-/m0/s1. The summed E-state index contributed by atoms with van der Waals surface area (Å²) in [6.45, 7) is 1.02. The van der Waals surface area contributed by atoms with Gasteiger partial charge in [0.05, 0.1) is 0 Å². The van der Waals surface area contributed by atoms with Crippen LogP contribution in [0.4, 0.5) is 0 Å². The number of benzene rings is 3. The maximum atomic E-state index is 3.87. The zero-order chi connectivity index (χ0) is 16.7. The molecule has 2 heterocycles. The SMILES string of the molecule is c1ccc([Si]2(c3ccccc3)C[C@@H]3NCc4ccccc4[C@@H]3C2)cc1. The van der Waals surface area contributed by atoms with E-state index in [0.717, 1.165) is 6.54 Å². The maximum absolute atomic E-state index is 3.87. The molecule has 25 heavy (non-hydrogen) atoms. The molecule has 0 saturated carbocycles. The molecule has 5 rings (SSSR count). The molecule has 2 aliphatic heterocycles. The van der Waals surface area contributed by atoms with Crippen molar-refractivity contribution in [1.82, 2.24) is 5.32 Å². The number of fused-ring (bicyclic) bond motifs is 3. The highest BCUT2D eigenvalue weighted by molar-refractivity contribution is 7.03. The van der Waals surface area contributed by atoms with Gasteiger partial charge in [-0.25, -0.2) is 0 Å². The summed E-state index contributed by atoms with van der Waals surface area (Å²) in [5, 5.41) is 7.05. The van der Waals surface area contributed by atoms with Crippen molar-refractivity contribution < 1.29 is 0 Å². The monoisotopic (exact) mass is 341 g/mol. The van der Waals surface area contributed by atoms with Gasteiger partial charge in [0.1, 0.15) is 8.07 Å². The van der Waals surface area contributed by atoms with Crippen molar-refractivity contribution in [2.24, 2.45) is 0 Å². The van der Waals surface area contributed by atoms with Gasteiger partial charge in [-0.1, -0.05) is 95.3 Å². The normalized spacial score (nSPS) is 23.7. The molecular weight excluding hydrogens is 318 g/mol. The van der Waals surface area contributed by atoms with Gasteiger partial charge in [0.15, 0.2) is 0 Å². The van der Waals surface area contributed by atoms with Crippen molar-refractivity contribution in [2.75, 3.05) is 0 Å². The topological polar surface area (TPSA) is 12.0 Å². The van der Waals surface area contributed by atoms with Crippen LogP contribution in [0.3, 0.4) is 0 Å². The van der Waals surface area contributed by atoms with Gasteiger partial charge in [-0.15, -0.1) is 0 Å². The van der Waals surface area contributed by atoms with E-state index < -0.39 is 8.07 Å². The fourth-order valence-electron chi connectivity index (χ4n) is 5.11. The highest BCUT2D eigenvalue weighted by Gasteiger charge is 2.50. The van der Waals surface area contributed by atoms with Gasteiger partial charge in [-0.3, -0.25) is 0 Å². The lowest BCUT2D eigenvalue weighted by Crippen LogP contribution is -2.56. The summed E-state index contributed by atoms with van der Waals surface area (Å²) in [5.41, 5.74) is 3.09. The van der Waals surface area contributed by atoms with Crippen LogP contribution >= 0.6 is 0 Å². The smallest absolute Gasteiger partial charge is 0.120 e. The van der Waals surface area contributed by atoms with Gasteiger partial charge in [0.2, 0.25) is 0 Å². The fraction of sp³-hybridized carbons (Fsp3) is 0.217. The first-order chi connectivity index (χ1) is 12.4. The molecule has 0 aliphatic carbocycles. The molecule has 0 bridgehead atoms. The Balaban J connectivity index is 1.65. The van der Waals surface area contributed by atoms with E-state index in [-0.39, 0.29) is 0 Å². The van der Waals surface area contributed by atoms with Gasteiger partial charge in [-0.05, 0) is 29.1 Å². The Hall–Kier alpha value is -2.16. The molecule has 124 valence electrons. The van der Waals surface area contributed by atoms with Crippen LogP contribution in [0.5, 0.6) is 0 Å². The lowest BCUT2D eigenvalue weighted by atomic mass is 9.87. The number of rotatable bonds is 2. The Kier molecular flexibility index (Phi) is 3.61. The number of hydrogen-bond acceptors (Lipinski definition) is 1. The molecule has 0 spiro atoms. The lowest BCUT2D eigenvalue weighted by Gasteiger charge is -2.29. The quantitative estimate of drug-likeness (QED) is 0.703. The number of nitrogens with one attached hydrogen (secondary N) is 1. The molecule has 0 aromatic heterocycles. The van der Waals surface area contributed by atoms with E-state index >= 15 is 0 Å². The molecule has 0 radical (unpaired) electrons. The van der Waals surface area contributed by atoms with Gasteiger partial charge in [0.25, 0.3) is 0 Å². The van der Waals surface area contributed by atoms with E-state index in [1.807, 2.05) is 0 Å². The van der Waals surface area contributed by atoms with Crippen molar-refractivity contribution in [3.05, 3.63) is 96.1 Å². The van der Waals surface area contributed by atoms with Crippen molar-refractivity contribution >= 4 is 18.4 Å². The molecule has 1 nitrogen and oxygen atoms in total. The molecule has 1 fully saturated rings. The summed E-state index contributed by atoms with van der Waals surface area (Å²) >= 11 is 0. The first kappa shape index (κ1) is 15.1. The summed E-state index contributed by atoms with van der Waals surface area (Å²) in [5.74, 6) is 0.650. The van der Waals surface area contributed by atoms with Crippen LogP contribution in [0.15, 0.2) is 84.9 Å². The molecule has 0 amide bonds. The third-order valence-electron chi connectivity index (χ3n) is 6.28. The predicted molar refractivity (Wildman–Crippen MR) is 107 cm³/mol.